The van der Waals surface area contributed by atoms with E-state index in [4.69, 9.17) is 44.5 Å². The minimum absolute atomic E-state index is 0.200. The SMILES string of the molecule is Cc1cc(C)n(CCN(C(=O)COc2ccc(Cl)cc2Cl)c2nc3c(C)cc(Cl)cc3s2)n1. The van der Waals surface area contributed by atoms with E-state index in [0.29, 0.717) is 39.0 Å². The Morgan fingerprint density at radius 3 is 2.58 bits per heavy atom. The van der Waals surface area contributed by atoms with Gasteiger partial charge in [0.15, 0.2) is 11.7 Å². The number of hydrogen-bond acceptors (Lipinski definition) is 5. The summed E-state index contributed by atoms with van der Waals surface area (Å²) in [6.07, 6.45) is 0. The summed E-state index contributed by atoms with van der Waals surface area (Å²) in [4.78, 5) is 19.6. The number of rotatable bonds is 7. The molecule has 2 aromatic heterocycles. The fourth-order valence-corrected chi connectivity index (χ4v) is 5.42. The summed E-state index contributed by atoms with van der Waals surface area (Å²) in [7, 11) is 0. The van der Waals surface area contributed by atoms with Gasteiger partial charge in [0.1, 0.15) is 5.75 Å². The van der Waals surface area contributed by atoms with Crippen molar-refractivity contribution in [3.05, 3.63) is 68.4 Å². The minimum Gasteiger partial charge on any atom is -0.482 e. The van der Waals surface area contributed by atoms with Crippen LogP contribution in [0.4, 0.5) is 5.13 Å². The number of fused-ring (bicyclic) bond motifs is 1. The largest absolute Gasteiger partial charge is 0.482 e. The van der Waals surface area contributed by atoms with Crippen LogP contribution in [0.15, 0.2) is 36.4 Å². The normalized spacial score (nSPS) is 11.2. The third kappa shape index (κ3) is 5.44. The summed E-state index contributed by atoms with van der Waals surface area (Å²) < 4.78 is 8.50. The molecule has 33 heavy (non-hydrogen) atoms. The lowest BCUT2D eigenvalue weighted by Gasteiger charge is -2.20. The average molecular weight is 524 g/mol. The predicted octanol–water partition coefficient (Wildman–Crippen LogP) is 6.49. The molecule has 0 unspecified atom stereocenters. The molecule has 0 aliphatic heterocycles. The molecule has 0 N–H and O–H groups in total. The van der Waals surface area contributed by atoms with Crippen molar-refractivity contribution >= 4 is 67.4 Å². The first-order valence-electron chi connectivity index (χ1n) is 10.2. The number of benzene rings is 2. The molecule has 0 saturated carbocycles. The summed E-state index contributed by atoms with van der Waals surface area (Å²) in [5, 5.41) is 6.55. The number of nitrogens with zero attached hydrogens (tertiary/aromatic N) is 4. The van der Waals surface area contributed by atoms with E-state index in [1.54, 1.807) is 23.1 Å². The van der Waals surface area contributed by atoms with Crippen molar-refractivity contribution in [1.29, 1.82) is 0 Å². The second kappa shape index (κ2) is 9.89. The summed E-state index contributed by atoms with van der Waals surface area (Å²) in [5.41, 5.74) is 3.73. The topological polar surface area (TPSA) is 60.2 Å². The maximum Gasteiger partial charge on any atom is 0.266 e. The highest BCUT2D eigenvalue weighted by Gasteiger charge is 2.22. The predicted molar refractivity (Wildman–Crippen MR) is 135 cm³/mol. The van der Waals surface area contributed by atoms with Crippen LogP contribution in [0.3, 0.4) is 0 Å². The van der Waals surface area contributed by atoms with Gasteiger partial charge >= 0.3 is 0 Å². The highest BCUT2D eigenvalue weighted by Crippen LogP contribution is 2.33. The molecule has 6 nitrogen and oxygen atoms in total. The first-order valence-corrected chi connectivity index (χ1v) is 12.1. The molecule has 0 atom stereocenters. The Hall–Kier alpha value is -2.32. The van der Waals surface area contributed by atoms with E-state index < -0.39 is 0 Å². The zero-order chi connectivity index (χ0) is 23.7. The summed E-state index contributed by atoms with van der Waals surface area (Å²) in [5.74, 6) is 0.144. The molecule has 172 valence electrons. The number of ether oxygens (including phenoxy) is 1. The molecule has 10 heteroatoms. The van der Waals surface area contributed by atoms with Crippen LogP contribution in [0.1, 0.15) is 17.0 Å². The Morgan fingerprint density at radius 1 is 1.09 bits per heavy atom. The number of aromatic nitrogens is 3. The first kappa shape index (κ1) is 23.8. The fourth-order valence-electron chi connectivity index (χ4n) is 3.49. The van der Waals surface area contributed by atoms with E-state index in [9.17, 15) is 4.79 Å². The summed E-state index contributed by atoms with van der Waals surface area (Å²) in [6.45, 7) is 6.57. The standard InChI is InChI=1S/C23H21Cl3N4O2S/c1-13-8-17(25)11-20-22(13)27-23(33-20)29(6-7-30-15(3)9-14(2)28-30)21(31)12-32-19-5-4-16(24)10-18(19)26/h4-5,8-11H,6-7,12H2,1-3H3. The van der Waals surface area contributed by atoms with E-state index in [2.05, 4.69) is 5.10 Å². The molecule has 4 rings (SSSR count). The van der Waals surface area contributed by atoms with E-state index in [-0.39, 0.29) is 12.5 Å². The average Bonchev–Trinajstić information content (AvgIpc) is 3.30. The molecule has 4 aromatic rings. The van der Waals surface area contributed by atoms with E-state index in [1.165, 1.54) is 11.3 Å². The van der Waals surface area contributed by atoms with E-state index in [1.807, 2.05) is 43.7 Å². The van der Waals surface area contributed by atoms with E-state index >= 15 is 0 Å². The van der Waals surface area contributed by atoms with Gasteiger partial charge in [-0.15, -0.1) is 0 Å². The number of hydrogen-bond donors (Lipinski definition) is 0. The molecule has 0 fully saturated rings. The molecule has 2 aromatic carbocycles. The zero-order valence-electron chi connectivity index (χ0n) is 18.2. The number of thiazole rings is 1. The second-order valence-corrected chi connectivity index (χ2v) is 9.91. The lowest BCUT2D eigenvalue weighted by Crippen LogP contribution is -2.37. The monoisotopic (exact) mass is 522 g/mol. The zero-order valence-corrected chi connectivity index (χ0v) is 21.3. The van der Waals surface area contributed by atoms with Crippen molar-refractivity contribution in [3.63, 3.8) is 0 Å². The lowest BCUT2D eigenvalue weighted by atomic mass is 10.2. The van der Waals surface area contributed by atoms with Crippen molar-refractivity contribution in [2.24, 2.45) is 0 Å². The van der Waals surface area contributed by atoms with Crippen LogP contribution < -0.4 is 9.64 Å². The number of anilines is 1. The van der Waals surface area contributed by atoms with Crippen LogP contribution >= 0.6 is 46.1 Å². The van der Waals surface area contributed by atoms with Gasteiger partial charge in [0, 0.05) is 22.3 Å². The van der Waals surface area contributed by atoms with Gasteiger partial charge in [0.25, 0.3) is 5.91 Å². The van der Waals surface area contributed by atoms with Crippen LogP contribution in [0.5, 0.6) is 5.75 Å². The quantitative estimate of drug-likeness (QED) is 0.278. The Kier molecular flexibility index (Phi) is 7.14. The number of halogens is 3. The maximum absolute atomic E-state index is 13.3. The van der Waals surface area contributed by atoms with Gasteiger partial charge in [-0.1, -0.05) is 46.1 Å². The number of amides is 1. The number of carbonyl (C=O) groups is 1. The van der Waals surface area contributed by atoms with Gasteiger partial charge in [-0.25, -0.2) is 4.98 Å². The van der Waals surface area contributed by atoms with Crippen molar-refractivity contribution in [3.8, 4) is 5.75 Å². The number of aryl methyl sites for hydroxylation is 3. The van der Waals surface area contributed by atoms with E-state index in [0.717, 1.165) is 27.2 Å². The summed E-state index contributed by atoms with van der Waals surface area (Å²) in [6, 6.07) is 10.6. The molecule has 0 radical (unpaired) electrons. The summed E-state index contributed by atoms with van der Waals surface area (Å²) >= 11 is 19.8. The molecule has 0 saturated heterocycles. The van der Waals surface area contributed by atoms with Crippen molar-refractivity contribution in [2.75, 3.05) is 18.1 Å². The van der Waals surface area contributed by atoms with Crippen LogP contribution in [0.25, 0.3) is 10.2 Å². The van der Waals surface area contributed by atoms with Gasteiger partial charge in [-0.2, -0.15) is 5.10 Å². The Labute approximate surface area is 210 Å². The minimum atomic E-state index is -0.245. The molecule has 0 aliphatic rings. The van der Waals surface area contributed by atoms with Gasteiger partial charge in [-0.05, 0) is 62.7 Å². The van der Waals surface area contributed by atoms with Crippen LogP contribution in [-0.4, -0.2) is 33.8 Å². The third-order valence-corrected chi connectivity index (χ3v) is 6.83. The molecule has 0 aliphatic carbocycles. The second-order valence-electron chi connectivity index (χ2n) is 7.62. The van der Waals surface area contributed by atoms with Crippen molar-refractivity contribution in [2.45, 2.75) is 27.3 Å². The first-order chi connectivity index (χ1) is 15.7. The molecule has 0 spiro atoms. The molecule has 1 amide bonds. The van der Waals surface area contributed by atoms with Crippen molar-refractivity contribution < 1.29 is 9.53 Å². The fraction of sp³-hybridized carbons (Fsp3) is 0.261. The van der Waals surface area contributed by atoms with Gasteiger partial charge < -0.3 is 4.74 Å². The smallest absolute Gasteiger partial charge is 0.266 e. The Bertz CT molecular complexity index is 1330. The number of carbonyl (C=O) groups excluding carboxylic acids is 1. The van der Waals surface area contributed by atoms with Gasteiger partial charge in [-0.3, -0.25) is 14.4 Å². The Balaban J connectivity index is 1.60. The molecular weight excluding hydrogens is 503 g/mol. The van der Waals surface area contributed by atoms with Crippen LogP contribution in [0.2, 0.25) is 15.1 Å². The van der Waals surface area contributed by atoms with Crippen LogP contribution in [0, 0.1) is 20.8 Å². The van der Waals surface area contributed by atoms with Gasteiger partial charge in [0.05, 0.1) is 27.5 Å². The highest BCUT2D eigenvalue weighted by atomic mass is 35.5. The molecule has 2 heterocycles. The van der Waals surface area contributed by atoms with Gasteiger partial charge in [0.2, 0.25) is 0 Å². The Morgan fingerprint density at radius 2 is 1.88 bits per heavy atom. The van der Waals surface area contributed by atoms with Crippen LogP contribution in [-0.2, 0) is 11.3 Å². The molecular formula is C23H21Cl3N4O2S. The highest BCUT2D eigenvalue weighted by molar-refractivity contribution is 7.22. The third-order valence-electron chi connectivity index (χ3n) is 5.05. The molecule has 0 bridgehead atoms. The lowest BCUT2D eigenvalue weighted by molar-refractivity contribution is -0.120. The van der Waals surface area contributed by atoms with Crippen molar-refractivity contribution in [1.82, 2.24) is 14.8 Å². The maximum atomic E-state index is 13.3.